The highest BCUT2D eigenvalue weighted by Gasteiger charge is 2.10. The molecule has 2 rings (SSSR count). The minimum Gasteiger partial charge on any atom is -0.481 e. The number of aliphatic hydroxyl groups is 1. The van der Waals surface area contributed by atoms with Crippen molar-refractivity contribution in [1.29, 1.82) is 0 Å². The highest BCUT2D eigenvalue weighted by molar-refractivity contribution is 5.82. The average Bonchev–Trinajstić information content (AvgIpc) is 2.89. The van der Waals surface area contributed by atoms with E-state index >= 15 is 0 Å². The number of carboxylic acids is 1. The molecule has 21 heavy (non-hydrogen) atoms. The number of hydrogen-bond acceptors (Lipinski definition) is 6. The Balaban J connectivity index is 2.16. The van der Waals surface area contributed by atoms with Gasteiger partial charge in [-0.1, -0.05) is 11.6 Å². The van der Waals surface area contributed by atoms with E-state index < -0.39 is 5.97 Å². The van der Waals surface area contributed by atoms with Gasteiger partial charge in [0.05, 0.1) is 19.4 Å². The maximum Gasteiger partial charge on any atom is 0.305 e. The number of rotatable bonds is 7. The molecule has 0 aliphatic carbocycles. The summed E-state index contributed by atoms with van der Waals surface area (Å²) in [5.41, 5.74) is 2.05. The average molecular weight is 291 g/mol. The first kappa shape index (κ1) is 14.9. The number of carboxylic acid groups (broad SMARTS) is 1. The van der Waals surface area contributed by atoms with Crippen LogP contribution in [0.5, 0.6) is 0 Å². The largest absolute Gasteiger partial charge is 0.481 e. The third-order valence-electron chi connectivity index (χ3n) is 2.94. The second kappa shape index (κ2) is 6.80. The number of aromatic nitrogens is 4. The molecule has 2 heterocycles. The molecule has 0 aliphatic heterocycles. The van der Waals surface area contributed by atoms with Crippen molar-refractivity contribution in [3.63, 3.8) is 0 Å². The van der Waals surface area contributed by atoms with Gasteiger partial charge >= 0.3 is 5.97 Å². The minimum atomic E-state index is -0.867. The fraction of sp³-hybridized carbons (Fsp3) is 0.385. The van der Waals surface area contributed by atoms with Crippen molar-refractivity contribution in [3.05, 3.63) is 24.3 Å². The lowest BCUT2D eigenvalue weighted by Crippen LogP contribution is -2.06. The number of imidazole rings is 1. The maximum absolute atomic E-state index is 10.6. The van der Waals surface area contributed by atoms with Gasteiger partial charge in [-0.25, -0.2) is 15.0 Å². The molecule has 112 valence electrons. The monoisotopic (exact) mass is 291 g/mol. The summed E-state index contributed by atoms with van der Waals surface area (Å²) >= 11 is 0. The molecule has 0 unspecified atom stereocenters. The predicted molar refractivity (Wildman–Crippen MR) is 76.9 cm³/mol. The van der Waals surface area contributed by atoms with E-state index in [1.807, 2.05) is 13.0 Å². The molecule has 8 nitrogen and oxygen atoms in total. The Kier molecular flexibility index (Phi) is 4.83. The number of nitrogens with one attached hydrogen (secondary N) is 1. The van der Waals surface area contributed by atoms with E-state index in [-0.39, 0.29) is 13.0 Å². The zero-order valence-corrected chi connectivity index (χ0v) is 11.7. The molecule has 0 atom stereocenters. The summed E-state index contributed by atoms with van der Waals surface area (Å²) in [5, 5.41) is 20.8. The minimum absolute atomic E-state index is 0.0106. The van der Waals surface area contributed by atoms with Crippen LogP contribution in [0, 0.1) is 0 Å². The van der Waals surface area contributed by atoms with E-state index in [1.54, 1.807) is 10.9 Å². The van der Waals surface area contributed by atoms with E-state index in [0.29, 0.717) is 30.1 Å². The number of aliphatic carboxylic acids is 1. The Bertz CT molecular complexity index is 665. The Morgan fingerprint density at radius 1 is 1.43 bits per heavy atom. The number of nitrogens with zero attached hydrogens (tertiary/aromatic N) is 4. The van der Waals surface area contributed by atoms with Crippen LogP contribution < -0.4 is 5.32 Å². The van der Waals surface area contributed by atoms with E-state index in [4.69, 9.17) is 10.2 Å². The second-order valence-electron chi connectivity index (χ2n) is 4.57. The van der Waals surface area contributed by atoms with Crippen LogP contribution in [0.4, 0.5) is 5.82 Å². The van der Waals surface area contributed by atoms with Gasteiger partial charge in [-0.15, -0.1) is 0 Å². The quantitative estimate of drug-likeness (QED) is 0.642. The van der Waals surface area contributed by atoms with Crippen LogP contribution in [0.15, 0.2) is 24.3 Å². The van der Waals surface area contributed by atoms with Gasteiger partial charge in [-0.2, -0.15) is 0 Å². The number of carbonyl (C=O) groups is 1. The summed E-state index contributed by atoms with van der Waals surface area (Å²) in [6, 6.07) is 0. The number of anilines is 1. The predicted octanol–water partition coefficient (Wildman–Crippen LogP) is 0.651. The third kappa shape index (κ3) is 3.76. The normalized spacial score (nSPS) is 11.8. The van der Waals surface area contributed by atoms with Crippen LogP contribution in [0.25, 0.3) is 11.2 Å². The van der Waals surface area contributed by atoms with E-state index in [9.17, 15) is 4.79 Å². The number of fused-ring (bicyclic) bond motifs is 1. The molecule has 2 aromatic heterocycles. The van der Waals surface area contributed by atoms with Crippen LogP contribution in [-0.4, -0.2) is 48.9 Å². The van der Waals surface area contributed by atoms with Crippen LogP contribution in [0.3, 0.4) is 0 Å². The summed E-state index contributed by atoms with van der Waals surface area (Å²) in [6.07, 6.45) is 4.83. The van der Waals surface area contributed by atoms with Gasteiger partial charge in [0.2, 0.25) is 0 Å². The fourth-order valence-corrected chi connectivity index (χ4v) is 1.78. The molecular weight excluding hydrogens is 274 g/mol. The number of hydrogen-bond donors (Lipinski definition) is 3. The molecule has 0 spiro atoms. The summed E-state index contributed by atoms with van der Waals surface area (Å²) < 4.78 is 1.69. The fourth-order valence-electron chi connectivity index (χ4n) is 1.78. The molecule has 0 fully saturated rings. The highest BCUT2D eigenvalue weighted by atomic mass is 16.4. The lowest BCUT2D eigenvalue weighted by atomic mass is 10.3. The first-order chi connectivity index (χ1) is 10.1. The van der Waals surface area contributed by atoms with Crippen LogP contribution in [0.1, 0.15) is 13.3 Å². The Morgan fingerprint density at radius 3 is 2.95 bits per heavy atom. The van der Waals surface area contributed by atoms with Gasteiger partial charge in [0.25, 0.3) is 0 Å². The van der Waals surface area contributed by atoms with Gasteiger partial charge in [0, 0.05) is 13.1 Å². The molecular formula is C13H17N5O3. The van der Waals surface area contributed by atoms with Crippen LogP contribution >= 0.6 is 0 Å². The van der Waals surface area contributed by atoms with Crippen molar-refractivity contribution >= 4 is 23.0 Å². The first-order valence-electron chi connectivity index (χ1n) is 6.49. The van der Waals surface area contributed by atoms with Gasteiger partial charge in [0.1, 0.15) is 11.8 Å². The van der Waals surface area contributed by atoms with E-state index in [1.165, 1.54) is 6.33 Å². The molecule has 0 aromatic carbocycles. The van der Waals surface area contributed by atoms with Gasteiger partial charge in [-0.3, -0.25) is 4.79 Å². The van der Waals surface area contributed by atoms with E-state index in [0.717, 1.165) is 5.57 Å². The van der Waals surface area contributed by atoms with Gasteiger partial charge in [-0.05, 0) is 6.92 Å². The summed E-state index contributed by atoms with van der Waals surface area (Å²) in [4.78, 5) is 23.1. The van der Waals surface area contributed by atoms with Crippen molar-refractivity contribution in [1.82, 2.24) is 19.5 Å². The molecule has 3 N–H and O–H groups in total. The molecule has 0 amide bonds. The standard InChI is InChI=1S/C13H17N5O3/c1-9(6-19)2-4-14-12-11-13(16-7-15-12)18(8-17-11)5-3-10(20)21/h2,7-8,19H,3-6H2,1H3,(H,20,21)(H,14,15,16)/b9-2+. The van der Waals surface area contributed by atoms with Crippen LogP contribution in [0.2, 0.25) is 0 Å². The van der Waals surface area contributed by atoms with Crippen molar-refractivity contribution in [2.24, 2.45) is 0 Å². The van der Waals surface area contributed by atoms with Gasteiger partial charge < -0.3 is 20.1 Å². The third-order valence-corrected chi connectivity index (χ3v) is 2.94. The summed E-state index contributed by atoms with van der Waals surface area (Å²) in [5.74, 6) is -0.287. The number of aryl methyl sites for hydroxylation is 1. The Labute approximate surface area is 121 Å². The molecule has 0 aliphatic rings. The van der Waals surface area contributed by atoms with Crippen molar-refractivity contribution < 1.29 is 15.0 Å². The van der Waals surface area contributed by atoms with Crippen LogP contribution in [-0.2, 0) is 11.3 Å². The summed E-state index contributed by atoms with van der Waals surface area (Å²) in [7, 11) is 0. The molecule has 0 bridgehead atoms. The second-order valence-corrected chi connectivity index (χ2v) is 4.57. The van der Waals surface area contributed by atoms with Crippen molar-refractivity contribution in [3.8, 4) is 0 Å². The molecule has 0 saturated carbocycles. The summed E-state index contributed by atoms with van der Waals surface area (Å²) in [6.45, 7) is 2.68. The van der Waals surface area contributed by atoms with Crippen molar-refractivity contribution in [2.45, 2.75) is 19.9 Å². The first-order valence-corrected chi connectivity index (χ1v) is 6.49. The van der Waals surface area contributed by atoms with E-state index in [2.05, 4.69) is 20.3 Å². The lowest BCUT2D eigenvalue weighted by Gasteiger charge is -2.04. The molecule has 0 radical (unpaired) electrons. The zero-order chi connectivity index (χ0) is 15.2. The smallest absolute Gasteiger partial charge is 0.305 e. The molecule has 2 aromatic rings. The van der Waals surface area contributed by atoms with Gasteiger partial charge in [0.15, 0.2) is 11.5 Å². The van der Waals surface area contributed by atoms with Crippen molar-refractivity contribution in [2.75, 3.05) is 18.5 Å². The number of aliphatic hydroxyl groups excluding tert-OH is 1. The maximum atomic E-state index is 10.6. The topological polar surface area (TPSA) is 113 Å². The molecule has 8 heteroatoms. The zero-order valence-electron chi connectivity index (χ0n) is 11.7. The Morgan fingerprint density at radius 2 is 2.24 bits per heavy atom. The SMILES string of the molecule is C/C(=C\CNc1ncnc2c1ncn2CCC(=O)O)CO. The molecule has 0 saturated heterocycles. The lowest BCUT2D eigenvalue weighted by molar-refractivity contribution is -0.137. The Hall–Kier alpha value is -2.48. The highest BCUT2D eigenvalue weighted by Crippen LogP contribution is 2.17.